The first-order valence-electron chi connectivity index (χ1n) is 8.95. The van der Waals surface area contributed by atoms with Crippen molar-refractivity contribution >= 4 is 40.0 Å². The lowest BCUT2D eigenvalue weighted by atomic mass is 9.87. The summed E-state index contributed by atoms with van der Waals surface area (Å²) in [4.78, 5) is 4.45. The fourth-order valence-electron chi connectivity index (χ4n) is 2.94. The van der Waals surface area contributed by atoms with Crippen LogP contribution < -0.4 is 10.6 Å². The van der Waals surface area contributed by atoms with Gasteiger partial charge in [-0.05, 0) is 38.5 Å². The minimum Gasteiger partial charge on any atom is -0.357 e. The molecule has 0 unspecified atom stereocenters. The lowest BCUT2D eigenvalue weighted by Gasteiger charge is -2.28. The Labute approximate surface area is 165 Å². The molecule has 0 spiro atoms. The first-order valence-corrected chi connectivity index (χ1v) is 10.6. The second-order valence-corrected chi connectivity index (χ2v) is 8.35. The van der Waals surface area contributed by atoms with E-state index in [0.29, 0.717) is 19.1 Å². The van der Waals surface area contributed by atoms with E-state index < -0.39 is 10.0 Å². The highest BCUT2D eigenvalue weighted by molar-refractivity contribution is 14.0. The Morgan fingerprint density at radius 2 is 1.71 bits per heavy atom. The molecule has 1 saturated carbocycles. The first-order chi connectivity index (χ1) is 10.9. The summed E-state index contributed by atoms with van der Waals surface area (Å²) in [7, 11) is -3.20. The zero-order valence-electron chi connectivity index (χ0n) is 15.5. The van der Waals surface area contributed by atoms with E-state index in [2.05, 4.69) is 22.5 Å². The highest BCUT2D eigenvalue weighted by Crippen LogP contribution is 2.23. The molecule has 1 aliphatic rings. The summed E-state index contributed by atoms with van der Waals surface area (Å²) in [5.74, 6) is 1.61. The molecule has 1 rings (SSSR count). The van der Waals surface area contributed by atoms with Gasteiger partial charge in [-0.1, -0.05) is 20.8 Å². The summed E-state index contributed by atoms with van der Waals surface area (Å²) in [6, 6.07) is 0.448. The Kier molecular flexibility index (Phi) is 12.2. The SMILES string of the molecule is CCNC(=NCCS(=O)(=O)N(CC)CC)NC1CCC(C)CC1.I. The lowest BCUT2D eigenvalue weighted by molar-refractivity contribution is 0.329. The van der Waals surface area contributed by atoms with Crippen LogP contribution >= 0.6 is 24.0 Å². The molecule has 24 heavy (non-hydrogen) atoms. The Bertz CT molecular complexity index is 459. The molecule has 6 nitrogen and oxygen atoms in total. The third kappa shape index (κ3) is 8.33. The Morgan fingerprint density at radius 3 is 2.21 bits per heavy atom. The van der Waals surface area contributed by atoms with Gasteiger partial charge in [0.05, 0.1) is 12.3 Å². The zero-order valence-corrected chi connectivity index (χ0v) is 18.7. The van der Waals surface area contributed by atoms with Crippen LogP contribution in [0.2, 0.25) is 0 Å². The summed E-state index contributed by atoms with van der Waals surface area (Å²) in [6.07, 6.45) is 4.80. The van der Waals surface area contributed by atoms with Gasteiger partial charge in [0.2, 0.25) is 10.0 Å². The van der Waals surface area contributed by atoms with Gasteiger partial charge in [0.1, 0.15) is 0 Å². The van der Waals surface area contributed by atoms with Crippen molar-refractivity contribution in [2.45, 2.75) is 59.4 Å². The van der Waals surface area contributed by atoms with Crippen LogP contribution in [0.25, 0.3) is 0 Å². The number of hydrogen-bond donors (Lipinski definition) is 2. The normalized spacial score (nSPS) is 22.1. The molecule has 2 N–H and O–H groups in total. The maximum atomic E-state index is 12.2. The molecule has 0 bridgehead atoms. The first kappa shape index (κ1) is 23.9. The van der Waals surface area contributed by atoms with Crippen molar-refractivity contribution in [3.63, 3.8) is 0 Å². The minimum atomic E-state index is -3.20. The summed E-state index contributed by atoms with van der Waals surface area (Å²) in [5.41, 5.74) is 0. The quantitative estimate of drug-likeness (QED) is 0.322. The van der Waals surface area contributed by atoms with Crippen LogP contribution in [0, 0.1) is 5.92 Å². The van der Waals surface area contributed by atoms with Crippen LogP contribution in [0.1, 0.15) is 53.4 Å². The number of sulfonamides is 1. The molecule has 0 aromatic rings. The van der Waals surface area contributed by atoms with Crippen molar-refractivity contribution in [1.82, 2.24) is 14.9 Å². The van der Waals surface area contributed by atoms with Crippen molar-refractivity contribution in [2.24, 2.45) is 10.9 Å². The van der Waals surface area contributed by atoms with Crippen LogP contribution in [0.5, 0.6) is 0 Å². The monoisotopic (exact) mass is 474 g/mol. The molecular formula is C16H35IN4O2S. The molecule has 0 aromatic heterocycles. The van der Waals surface area contributed by atoms with E-state index in [0.717, 1.165) is 31.3 Å². The number of halogens is 1. The maximum Gasteiger partial charge on any atom is 0.215 e. The minimum absolute atomic E-state index is 0. The number of nitrogens with one attached hydrogen (secondary N) is 2. The van der Waals surface area contributed by atoms with Crippen LogP contribution in [0.4, 0.5) is 0 Å². The fourth-order valence-corrected chi connectivity index (χ4v) is 4.30. The third-order valence-corrected chi connectivity index (χ3v) is 6.42. The van der Waals surface area contributed by atoms with Gasteiger partial charge in [0.25, 0.3) is 0 Å². The highest BCUT2D eigenvalue weighted by atomic mass is 127. The highest BCUT2D eigenvalue weighted by Gasteiger charge is 2.20. The molecule has 8 heteroatoms. The van der Waals surface area contributed by atoms with E-state index >= 15 is 0 Å². The van der Waals surface area contributed by atoms with E-state index in [-0.39, 0.29) is 36.3 Å². The Balaban J connectivity index is 0.00000529. The molecule has 0 saturated heterocycles. The van der Waals surface area contributed by atoms with Crippen LogP contribution in [0.15, 0.2) is 4.99 Å². The smallest absolute Gasteiger partial charge is 0.215 e. The van der Waals surface area contributed by atoms with Crippen molar-refractivity contribution in [2.75, 3.05) is 31.9 Å². The molecule has 144 valence electrons. The summed E-state index contributed by atoms with van der Waals surface area (Å²) in [5, 5.41) is 6.67. The molecule has 0 atom stereocenters. The predicted octanol–water partition coefficient (Wildman–Crippen LogP) is 2.41. The Hall–Kier alpha value is -0.0900. The Morgan fingerprint density at radius 1 is 1.12 bits per heavy atom. The lowest BCUT2D eigenvalue weighted by Crippen LogP contribution is -2.45. The number of hydrogen-bond acceptors (Lipinski definition) is 3. The van der Waals surface area contributed by atoms with Crippen molar-refractivity contribution in [3.05, 3.63) is 0 Å². The number of nitrogens with zero attached hydrogens (tertiary/aromatic N) is 2. The molecular weight excluding hydrogens is 439 g/mol. The van der Waals surface area contributed by atoms with Crippen LogP contribution in [0.3, 0.4) is 0 Å². The summed E-state index contributed by atoms with van der Waals surface area (Å²) in [6.45, 7) is 10.1. The van der Waals surface area contributed by atoms with Gasteiger partial charge in [-0.15, -0.1) is 24.0 Å². The second-order valence-electron chi connectivity index (χ2n) is 6.26. The number of guanidine groups is 1. The van der Waals surface area contributed by atoms with E-state index in [1.54, 1.807) is 0 Å². The number of rotatable bonds is 8. The fraction of sp³-hybridized carbons (Fsp3) is 0.938. The van der Waals surface area contributed by atoms with E-state index in [1.807, 2.05) is 20.8 Å². The van der Waals surface area contributed by atoms with Crippen LogP contribution in [-0.4, -0.2) is 56.7 Å². The van der Waals surface area contributed by atoms with E-state index in [1.165, 1.54) is 17.1 Å². The van der Waals surface area contributed by atoms with Crippen molar-refractivity contribution in [3.8, 4) is 0 Å². The topological polar surface area (TPSA) is 73.8 Å². The van der Waals surface area contributed by atoms with Gasteiger partial charge in [0, 0.05) is 25.7 Å². The predicted molar refractivity (Wildman–Crippen MR) is 113 cm³/mol. The van der Waals surface area contributed by atoms with Crippen LogP contribution in [-0.2, 0) is 10.0 Å². The maximum absolute atomic E-state index is 12.2. The molecule has 0 aromatic carbocycles. The average Bonchev–Trinajstić information content (AvgIpc) is 2.50. The van der Waals surface area contributed by atoms with Crippen molar-refractivity contribution < 1.29 is 8.42 Å². The largest absolute Gasteiger partial charge is 0.357 e. The average molecular weight is 474 g/mol. The molecule has 1 aliphatic carbocycles. The van der Waals surface area contributed by atoms with Gasteiger partial charge >= 0.3 is 0 Å². The molecule has 0 amide bonds. The van der Waals surface area contributed by atoms with Gasteiger partial charge < -0.3 is 10.6 Å². The standard InChI is InChI=1S/C16H34N4O2S.HI/c1-5-17-16(19-15-10-8-14(4)9-11-15)18-12-13-23(21,22)20(6-2)7-3;/h14-15H,5-13H2,1-4H3,(H2,17,18,19);1H. The second kappa shape index (κ2) is 12.3. The molecule has 0 radical (unpaired) electrons. The van der Waals surface area contributed by atoms with Gasteiger partial charge in [-0.3, -0.25) is 4.99 Å². The molecule has 1 fully saturated rings. The number of aliphatic imine (C=N–C) groups is 1. The van der Waals surface area contributed by atoms with E-state index in [4.69, 9.17) is 0 Å². The van der Waals surface area contributed by atoms with Crippen molar-refractivity contribution in [1.29, 1.82) is 0 Å². The van der Waals surface area contributed by atoms with Gasteiger partial charge in [-0.2, -0.15) is 0 Å². The zero-order chi connectivity index (χ0) is 17.3. The molecule has 0 heterocycles. The third-order valence-electron chi connectivity index (χ3n) is 4.42. The van der Waals surface area contributed by atoms with E-state index in [9.17, 15) is 8.42 Å². The van der Waals surface area contributed by atoms with Gasteiger partial charge in [-0.25, -0.2) is 12.7 Å². The van der Waals surface area contributed by atoms with Gasteiger partial charge in [0.15, 0.2) is 5.96 Å². The summed E-state index contributed by atoms with van der Waals surface area (Å²) < 4.78 is 25.8. The summed E-state index contributed by atoms with van der Waals surface area (Å²) >= 11 is 0. The molecule has 0 aliphatic heterocycles.